The van der Waals surface area contributed by atoms with E-state index in [1.165, 1.54) is 12.5 Å². The Hall–Kier alpha value is -1.29. The standard InChI is InChI=1S/C10H16N2O2/c1-2-3-9(6-11)12-10(13)8-4-5-14-7-8/h4-5,7,9H,2-3,6,11H2,1H3,(H,12,13). The highest BCUT2D eigenvalue weighted by molar-refractivity contribution is 5.93. The first kappa shape index (κ1) is 10.8. The van der Waals surface area contributed by atoms with Crippen molar-refractivity contribution in [3.05, 3.63) is 24.2 Å². The van der Waals surface area contributed by atoms with Crippen LogP contribution in [0.15, 0.2) is 23.0 Å². The van der Waals surface area contributed by atoms with E-state index in [-0.39, 0.29) is 11.9 Å². The Bertz CT molecular complexity index is 270. The first-order valence-electron chi connectivity index (χ1n) is 4.81. The summed E-state index contributed by atoms with van der Waals surface area (Å²) >= 11 is 0. The van der Waals surface area contributed by atoms with Crippen molar-refractivity contribution in [2.75, 3.05) is 6.54 Å². The van der Waals surface area contributed by atoms with E-state index in [0.29, 0.717) is 12.1 Å². The van der Waals surface area contributed by atoms with Crippen LogP contribution in [0.2, 0.25) is 0 Å². The first-order valence-corrected chi connectivity index (χ1v) is 4.81. The Balaban J connectivity index is 2.47. The van der Waals surface area contributed by atoms with Crippen LogP contribution in [0.25, 0.3) is 0 Å². The van der Waals surface area contributed by atoms with Gasteiger partial charge in [0.2, 0.25) is 0 Å². The lowest BCUT2D eigenvalue weighted by Gasteiger charge is -2.14. The van der Waals surface area contributed by atoms with E-state index in [4.69, 9.17) is 10.2 Å². The van der Waals surface area contributed by atoms with Gasteiger partial charge in [0.05, 0.1) is 11.8 Å². The molecule has 0 spiro atoms. The maximum atomic E-state index is 11.5. The number of rotatable bonds is 5. The van der Waals surface area contributed by atoms with Crippen LogP contribution in [0.5, 0.6) is 0 Å². The highest BCUT2D eigenvalue weighted by atomic mass is 16.3. The summed E-state index contributed by atoms with van der Waals surface area (Å²) in [6, 6.07) is 1.69. The summed E-state index contributed by atoms with van der Waals surface area (Å²) < 4.78 is 4.82. The molecule has 1 amide bonds. The molecule has 0 saturated carbocycles. The molecular formula is C10H16N2O2. The van der Waals surface area contributed by atoms with Crippen molar-refractivity contribution in [2.45, 2.75) is 25.8 Å². The molecule has 4 nitrogen and oxygen atoms in total. The maximum absolute atomic E-state index is 11.5. The summed E-state index contributed by atoms with van der Waals surface area (Å²) in [5.74, 6) is -0.123. The lowest BCUT2D eigenvalue weighted by atomic mass is 10.1. The zero-order valence-corrected chi connectivity index (χ0v) is 8.32. The third-order valence-corrected chi connectivity index (χ3v) is 2.04. The smallest absolute Gasteiger partial charge is 0.254 e. The molecule has 4 heteroatoms. The molecule has 0 aliphatic rings. The second kappa shape index (κ2) is 5.44. The van der Waals surface area contributed by atoms with Crippen LogP contribution in [0.4, 0.5) is 0 Å². The van der Waals surface area contributed by atoms with Gasteiger partial charge in [0.25, 0.3) is 5.91 Å². The van der Waals surface area contributed by atoms with Gasteiger partial charge in [0.1, 0.15) is 6.26 Å². The van der Waals surface area contributed by atoms with Gasteiger partial charge in [-0.05, 0) is 12.5 Å². The third-order valence-electron chi connectivity index (χ3n) is 2.04. The van der Waals surface area contributed by atoms with Crippen molar-refractivity contribution in [1.29, 1.82) is 0 Å². The SMILES string of the molecule is CCCC(CN)NC(=O)c1ccoc1. The van der Waals surface area contributed by atoms with Gasteiger partial charge in [-0.1, -0.05) is 13.3 Å². The van der Waals surface area contributed by atoms with E-state index < -0.39 is 0 Å². The van der Waals surface area contributed by atoms with Gasteiger partial charge in [-0.3, -0.25) is 4.79 Å². The number of nitrogens with two attached hydrogens (primary N) is 1. The van der Waals surface area contributed by atoms with Crippen LogP contribution in [0, 0.1) is 0 Å². The van der Waals surface area contributed by atoms with Crippen molar-refractivity contribution in [1.82, 2.24) is 5.32 Å². The number of hydrogen-bond donors (Lipinski definition) is 2. The fourth-order valence-corrected chi connectivity index (χ4v) is 1.26. The normalized spacial score (nSPS) is 12.4. The van der Waals surface area contributed by atoms with Gasteiger partial charge in [0, 0.05) is 12.6 Å². The Labute approximate surface area is 83.5 Å². The van der Waals surface area contributed by atoms with E-state index in [0.717, 1.165) is 12.8 Å². The molecule has 0 bridgehead atoms. The monoisotopic (exact) mass is 196 g/mol. The number of carbonyl (C=O) groups excluding carboxylic acids is 1. The lowest BCUT2D eigenvalue weighted by molar-refractivity contribution is 0.0935. The van der Waals surface area contributed by atoms with Crippen molar-refractivity contribution >= 4 is 5.91 Å². The molecule has 1 aromatic rings. The van der Waals surface area contributed by atoms with Crippen molar-refractivity contribution in [3.8, 4) is 0 Å². The van der Waals surface area contributed by atoms with E-state index in [1.807, 2.05) is 0 Å². The summed E-state index contributed by atoms with van der Waals surface area (Å²) in [5, 5.41) is 2.85. The number of furan rings is 1. The summed E-state index contributed by atoms with van der Waals surface area (Å²) in [6.07, 6.45) is 4.81. The summed E-state index contributed by atoms with van der Waals surface area (Å²) in [7, 11) is 0. The molecule has 0 radical (unpaired) electrons. The zero-order valence-electron chi connectivity index (χ0n) is 8.32. The summed E-state index contributed by atoms with van der Waals surface area (Å²) in [6.45, 7) is 2.53. The van der Waals surface area contributed by atoms with Crippen molar-refractivity contribution in [2.24, 2.45) is 5.73 Å². The van der Waals surface area contributed by atoms with Gasteiger partial charge in [-0.2, -0.15) is 0 Å². The Morgan fingerprint density at radius 2 is 2.50 bits per heavy atom. The van der Waals surface area contributed by atoms with Gasteiger partial charge < -0.3 is 15.5 Å². The molecule has 78 valence electrons. The van der Waals surface area contributed by atoms with E-state index in [9.17, 15) is 4.79 Å². The minimum Gasteiger partial charge on any atom is -0.472 e. The Kier molecular flexibility index (Phi) is 4.19. The van der Waals surface area contributed by atoms with Crippen molar-refractivity contribution < 1.29 is 9.21 Å². The Morgan fingerprint density at radius 3 is 3.00 bits per heavy atom. The van der Waals surface area contributed by atoms with Gasteiger partial charge >= 0.3 is 0 Å². The van der Waals surface area contributed by atoms with Crippen LogP contribution in [0.1, 0.15) is 30.1 Å². The second-order valence-corrected chi connectivity index (χ2v) is 3.21. The first-order chi connectivity index (χ1) is 6.77. The van der Waals surface area contributed by atoms with Gasteiger partial charge in [-0.25, -0.2) is 0 Å². The fraction of sp³-hybridized carbons (Fsp3) is 0.500. The van der Waals surface area contributed by atoms with Crippen LogP contribution >= 0.6 is 0 Å². The molecule has 1 unspecified atom stereocenters. The predicted molar refractivity (Wildman–Crippen MR) is 53.9 cm³/mol. The molecule has 3 N–H and O–H groups in total. The molecular weight excluding hydrogens is 180 g/mol. The largest absolute Gasteiger partial charge is 0.472 e. The zero-order chi connectivity index (χ0) is 10.4. The third kappa shape index (κ3) is 2.88. The van der Waals surface area contributed by atoms with Crippen LogP contribution in [0.3, 0.4) is 0 Å². The highest BCUT2D eigenvalue weighted by Crippen LogP contribution is 2.01. The molecule has 14 heavy (non-hydrogen) atoms. The van der Waals surface area contributed by atoms with E-state index >= 15 is 0 Å². The van der Waals surface area contributed by atoms with Crippen molar-refractivity contribution in [3.63, 3.8) is 0 Å². The van der Waals surface area contributed by atoms with Crippen LogP contribution < -0.4 is 11.1 Å². The Morgan fingerprint density at radius 1 is 1.71 bits per heavy atom. The molecule has 0 fully saturated rings. The quantitative estimate of drug-likeness (QED) is 0.742. The molecule has 1 heterocycles. The average Bonchev–Trinajstić information content (AvgIpc) is 2.69. The molecule has 0 aliphatic heterocycles. The fourth-order valence-electron chi connectivity index (χ4n) is 1.26. The van der Waals surface area contributed by atoms with Crippen LogP contribution in [-0.2, 0) is 0 Å². The number of amides is 1. The van der Waals surface area contributed by atoms with Gasteiger partial charge in [0.15, 0.2) is 0 Å². The molecule has 1 aromatic heterocycles. The van der Waals surface area contributed by atoms with Gasteiger partial charge in [-0.15, -0.1) is 0 Å². The average molecular weight is 196 g/mol. The number of carbonyl (C=O) groups is 1. The van der Waals surface area contributed by atoms with E-state index in [2.05, 4.69) is 12.2 Å². The molecule has 1 atom stereocenters. The van der Waals surface area contributed by atoms with Crippen LogP contribution in [-0.4, -0.2) is 18.5 Å². The molecule has 0 aliphatic carbocycles. The number of nitrogens with one attached hydrogen (secondary N) is 1. The second-order valence-electron chi connectivity index (χ2n) is 3.21. The predicted octanol–water partition coefficient (Wildman–Crippen LogP) is 1.14. The topological polar surface area (TPSA) is 68.3 Å². The lowest BCUT2D eigenvalue weighted by Crippen LogP contribution is -2.39. The minimum atomic E-state index is -0.123. The molecule has 1 rings (SSSR count). The minimum absolute atomic E-state index is 0.0578. The van der Waals surface area contributed by atoms with E-state index in [1.54, 1.807) is 6.07 Å². The summed E-state index contributed by atoms with van der Waals surface area (Å²) in [5.41, 5.74) is 6.06. The maximum Gasteiger partial charge on any atom is 0.254 e. The number of hydrogen-bond acceptors (Lipinski definition) is 3. The molecule has 0 aromatic carbocycles. The summed E-state index contributed by atoms with van der Waals surface area (Å²) in [4.78, 5) is 11.5. The highest BCUT2D eigenvalue weighted by Gasteiger charge is 2.11. The molecule has 0 saturated heterocycles.